The van der Waals surface area contributed by atoms with E-state index in [1.807, 2.05) is 72.0 Å². The van der Waals surface area contributed by atoms with Gasteiger partial charge in [0, 0.05) is 45.1 Å². The largest absolute Gasteiger partial charge is 0.416 e. The number of pyridine rings is 1. The number of nitrogens with one attached hydrogen (secondary N) is 1. The summed E-state index contributed by atoms with van der Waals surface area (Å²) in [7, 11) is 5.57. The van der Waals surface area contributed by atoms with Gasteiger partial charge < -0.3 is 24.8 Å². The molecule has 1 amide bonds. The topological polar surface area (TPSA) is 97.4 Å². The predicted molar refractivity (Wildman–Crippen MR) is 145 cm³/mol. The van der Waals surface area contributed by atoms with Crippen LogP contribution in [0.3, 0.4) is 0 Å². The van der Waals surface area contributed by atoms with Crippen LogP contribution in [-0.2, 0) is 23.4 Å². The number of aliphatic hydroxyl groups is 1. The summed E-state index contributed by atoms with van der Waals surface area (Å²) in [4.78, 5) is 22.1. The lowest BCUT2D eigenvalue weighted by Gasteiger charge is -2.42. The number of aromatic nitrogens is 2. The summed E-state index contributed by atoms with van der Waals surface area (Å²) < 4.78 is 41.6. The van der Waals surface area contributed by atoms with Gasteiger partial charge in [-0.25, -0.2) is 0 Å². The first kappa shape index (κ1) is 29.1. The summed E-state index contributed by atoms with van der Waals surface area (Å²) in [5.41, 5.74) is 0.972. The SMILES string of the molecule is CN(C)C(CO)CNC(=O)C1(c2ccc(-c3cccn3C)nc2)CCN(c2ccc(C(F)(F)F)cc2C#N)CC1. The quantitative estimate of drug-likeness (QED) is 0.442. The number of benzene rings is 1. The van der Waals surface area contributed by atoms with Crippen LogP contribution in [0.4, 0.5) is 18.9 Å². The van der Waals surface area contributed by atoms with Crippen molar-refractivity contribution in [1.82, 2.24) is 19.8 Å². The molecular weight excluding hydrogens is 521 g/mol. The van der Waals surface area contributed by atoms with E-state index in [0.717, 1.165) is 29.1 Å². The summed E-state index contributed by atoms with van der Waals surface area (Å²) in [6.07, 6.45) is -0.180. The molecule has 212 valence electrons. The zero-order chi connectivity index (χ0) is 29.1. The number of rotatable bonds is 8. The van der Waals surface area contributed by atoms with Crippen molar-refractivity contribution >= 4 is 11.6 Å². The lowest BCUT2D eigenvalue weighted by atomic mass is 9.72. The van der Waals surface area contributed by atoms with Crippen molar-refractivity contribution < 1.29 is 23.1 Å². The first-order valence-electron chi connectivity index (χ1n) is 13.0. The van der Waals surface area contributed by atoms with Crippen molar-refractivity contribution in [2.45, 2.75) is 30.5 Å². The fraction of sp³-hybridized carbons (Fsp3) is 0.414. The van der Waals surface area contributed by atoms with Gasteiger partial charge in [0.2, 0.25) is 5.91 Å². The zero-order valence-corrected chi connectivity index (χ0v) is 22.7. The zero-order valence-electron chi connectivity index (χ0n) is 22.7. The molecule has 1 saturated heterocycles. The summed E-state index contributed by atoms with van der Waals surface area (Å²) in [6, 6.07) is 12.5. The van der Waals surface area contributed by atoms with E-state index in [9.17, 15) is 28.3 Å². The molecule has 3 aromatic rings. The van der Waals surface area contributed by atoms with Gasteiger partial charge in [-0.15, -0.1) is 0 Å². The maximum Gasteiger partial charge on any atom is 0.416 e. The smallest absolute Gasteiger partial charge is 0.395 e. The Morgan fingerprint density at radius 1 is 1.23 bits per heavy atom. The molecule has 3 heterocycles. The Morgan fingerprint density at radius 3 is 2.48 bits per heavy atom. The van der Waals surface area contributed by atoms with E-state index in [-0.39, 0.29) is 30.7 Å². The number of hydrogen-bond donors (Lipinski definition) is 2. The van der Waals surface area contributed by atoms with Gasteiger partial charge in [-0.05, 0) is 68.9 Å². The molecular formula is C29H33F3N6O2. The van der Waals surface area contributed by atoms with Crippen LogP contribution >= 0.6 is 0 Å². The fourth-order valence-electron chi connectivity index (χ4n) is 5.20. The third kappa shape index (κ3) is 5.83. The van der Waals surface area contributed by atoms with Gasteiger partial charge in [-0.3, -0.25) is 9.78 Å². The van der Waals surface area contributed by atoms with Gasteiger partial charge in [-0.2, -0.15) is 18.4 Å². The minimum atomic E-state index is -4.54. The number of aliphatic hydroxyl groups excluding tert-OH is 1. The highest BCUT2D eigenvalue weighted by Crippen LogP contribution is 2.39. The molecule has 0 saturated carbocycles. The molecule has 2 N–H and O–H groups in total. The van der Waals surface area contributed by atoms with Crippen LogP contribution in [0.25, 0.3) is 11.4 Å². The number of anilines is 1. The Balaban J connectivity index is 1.63. The molecule has 40 heavy (non-hydrogen) atoms. The van der Waals surface area contributed by atoms with Crippen LogP contribution in [0.5, 0.6) is 0 Å². The Hall–Kier alpha value is -3.88. The van der Waals surface area contributed by atoms with Crippen LogP contribution in [0.2, 0.25) is 0 Å². The first-order valence-corrected chi connectivity index (χ1v) is 13.0. The van der Waals surface area contributed by atoms with Crippen LogP contribution < -0.4 is 10.2 Å². The monoisotopic (exact) mass is 554 g/mol. The first-order chi connectivity index (χ1) is 19.0. The number of amides is 1. The molecule has 1 aliphatic rings. The Labute approximate surface area is 231 Å². The van der Waals surface area contributed by atoms with E-state index >= 15 is 0 Å². The van der Waals surface area contributed by atoms with Gasteiger partial charge in [0.15, 0.2) is 0 Å². The minimum absolute atomic E-state index is 0.0582. The predicted octanol–water partition coefficient (Wildman–Crippen LogP) is 3.55. The molecule has 0 bridgehead atoms. The molecule has 1 atom stereocenters. The molecule has 11 heteroatoms. The second-order valence-corrected chi connectivity index (χ2v) is 10.4. The van der Waals surface area contributed by atoms with Crippen molar-refractivity contribution in [3.63, 3.8) is 0 Å². The molecule has 1 aliphatic heterocycles. The third-order valence-corrected chi connectivity index (χ3v) is 7.80. The van der Waals surface area contributed by atoms with E-state index in [0.29, 0.717) is 31.6 Å². The second kappa shape index (κ2) is 11.7. The number of carbonyl (C=O) groups is 1. The second-order valence-electron chi connectivity index (χ2n) is 10.4. The third-order valence-electron chi connectivity index (χ3n) is 7.80. The molecule has 4 rings (SSSR count). The molecule has 0 radical (unpaired) electrons. The Kier molecular flexibility index (Phi) is 8.51. The lowest BCUT2D eigenvalue weighted by molar-refractivity contribution is -0.137. The van der Waals surface area contributed by atoms with E-state index in [4.69, 9.17) is 0 Å². The molecule has 0 spiro atoms. The number of piperidine rings is 1. The van der Waals surface area contributed by atoms with Gasteiger partial charge >= 0.3 is 6.18 Å². The number of nitriles is 1. The number of alkyl halides is 3. The minimum Gasteiger partial charge on any atom is -0.395 e. The van der Waals surface area contributed by atoms with Crippen molar-refractivity contribution in [3.8, 4) is 17.5 Å². The standard InChI is InChI=1S/C29H33F3N6O2/c1-36(2)23(19-39)18-35-27(40)28(22-6-8-24(34-17-22)26-5-4-12-37(26)3)10-13-38(14-11-28)25-9-7-21(29(30,31)32)15-20(25)16-33/h4-9,12,15,17,23,39H,10-11,13-14,18-19H2,1-3H3,(H,35,40). The van der Waals surface area contributed by atoms with E-state index < -0.39 is 17.2 Å². The van der Waals surface area contributed by atoms with Crippen LogP contribution in [0.1, 0.15) is 29.5 Å². The lowest BCUT2D eigenvalue weighted by Crippen LogP contribution is -2.54. The maximum absolute atomic E-state index is 13.8. The summed E-state index contributed by atoms with van der Waals surface area (Å²) in [5.74, 6) is -0.200. The molecule has 0 aliphatic carbocycles. The van der Waals surface area contributed by atoms with Crippen molar-refractivity contribution in [3.05, 3.63) is 71.5 Å². The van der Waals surface area contributed by atoms with Gasteiger partial charge in [0.25, 0.3) is 0 Å². The normalized spacial score (nSPS) is 16.0. The fourth-order valence-corrected chi connectivity index (χ4v) is 5.20. The number of aryl methyl sites for hydroxylation is 1. The number of carbonyl (C=O) groups excluding carboxylic acids is 1. The van der Waals surface area contributed by atoms with Crippen LogP contribution in [0.15, 0.2) is 54.9 Å². The molecule has 1 fully saturated rings. The van der Waals surface area contributed by atoms with E-state index in [1.54, 1.807) is 6.20 Å². The number of nitrogens with zero attached hydrogens (tertiary/aromatic N) is 5. The van der Waals surface area contributed by atoms with Crippen LogP contribution in [-0.4, -0.2) is 71.8 Å². The van der Waals surface area contributed by atoms with E-state index in [1.165, 1.54) is 6.07 Å². The highest BCUT2D eigenvalue weighted by atomic mass is 19.4. The summed E-state index contributed by atoms with van der Waals surface area (Å²) >= 11 is 0. The maximum atomic E-state index is 13.8. The van der Waals surface area contributed by atoms with Crippen molar-refractivity contribution in [2.24, 2.45) is 7.05 Å². The highest BCUT2D eigenvalue weighted by Gasteiger charge is 2.44. The van der Waals surface area contributed by atoms with E-state index in [2.05, 4.69) is 10.3 Å². The van der Waals surface area contributed by atoms with Gasteiger partial charge in [-0.1, -0.05) is 6.07 Å². The van der Waals surface area contributed by atoms with Crippen LogP contribution in [0, 0.1) is 11.3 Å². The summed E-state index contributed by atoms with van der Waals surface area (Å²) in [5, 5.41) is 22.3. The Bertz CT molecular complexity index is 1370. The molecule has 8 nitrogen and oxygen atoms in total. The number of hydrogen-bond acceptors (Lipinski definition) is 6. The van der Waals surface area contributed by atoms with Gasteiger partial charge in [0.1, 0.15) is 6.07 Å². The highest BCUT2D eigenvalue weighted by molar-refractivity contribution is 5.89. The Morgan fingerprint density at radius 2 is 1.95 bits per heavy atom. The average Bonchev–Trinajstić information content (AvgIpc) is 3.38. The molecule has 2 aromatic heterocycles. The molecule has 1 unspecified atom stereocenters. The van der Waals surface area contributed by atoms with Crippen molar-refractivity contribution in [2.75, 3.05) is 45.2 Å². The molecule has 1 aromatic carbocycles. The summed E-state index contributed by atoms with van der Waals surface area (Å²) in [6.45, 7) is 0.834. The van der Waals surface area contributed by atoms with Gasteiger partial charge in [0.05, 0.1) is 40.2 Å². The number of likely N-dealkylation sites (N-methyl/N-ethyl adjacent to an activating group) is 1. The average molecular weight is 555 g/mol. The number of halogens is 3. The van der Waals surface area contributed by atoms with Crippen molar-refractivity contribution in [1.29, 1.82) is 5.26 Å².